The smallest absolute Gasteiger partial charge is 0.482 e. The highest BCUT2D eigenvalue weighted by atomic mass is 35.5. The van der Waals surface area contributed by atoms with Crippen LogP contribution in [-0.2, 0) is 14.9 Å². The van der Waals surface area contributed by atoms with Crippen molar-refractivity contribution in [1.29, 1.82) is 0 Å². The molecule has 1 N–H and O–H groups in total. The van der Waals surface area contributed by atoms with Gasteiger partial charge in [-0.25, -0.2) is 0 Å². The van der Waals surface area contributed by atoms with Crippen molar-refractivity contribution in [3.63, 3.8) is 0 Å². The summed E-state index contributed by atoms with van der Waals surface area (Å²) in [6, 6.07) is 4.98. The second kappa shape index (κ2) is 7.41. The van der Waals surface area contributed by atoms with Gasteiger partial charge < -0.3 is 14.4 Å². The molecular formula is C23H22ClF3N2O5. The van der Waals surface area contributed by atoms with Crippen molar-refractivity contribution >= 4 is 17.4 Å². The third kappa shape index (κ3) is 3.70. The van der Waals surface area contributed by atoms with Crippen molar-refractivity contribution in [3.8, 4) is 5.75 Å². The second-order valence-electron chi connectivity index (χ2n) is 10.3. The zero-order chi connectivity index (χ0) is 23.9. The van der Waals surface area contributed by atoms with Crippen LogP contribution in [0.3, 0.4) is 0 Å². The van der Waals surface area contributed by atoms with Gasteiger partial charge >= 0.3 is 6.36 Å². The second-order valence-corrected chi connectivity index (χ2v) is 10.7. The minimum atomic E-state index is -4.63. The summed E-state index contributed by atoms with van der Waals surface area (Å²) in [5, 5.41) is 14.9. The quantitative estimate of drug-likeness (QED) is 0.613. The molecular weight excluding hydrogens is 477 g/mol. The fraction of sp³-hybridized carbons (Fsp3) is 0.609. The SMILES string of the molecule is O=C(CC12CC(c3nc(C4CC(OC(F)(F)F)C4)no3)(C1)C2)[C@@H]1C[C@H](O)c2cc(Cl)ccc2O1. The Labute approximate surface area is 197 Å². The number of alkyl halides is 3. The van der Waals surface area contributed by atoms with Gasteiger partial charge in [0.1, 0.15) is 5.75 Å². The van der Waals surface area contributed by atoms with Crippen LogP contribution in [0.5, 0.6) is 5.75 Å². The summed E-state index contributed by atoms with van der Waals surface area (Å²) in [6.07, 6.45) is -3.77. The van der Waals surface area contributed by atoms with Crippen LogP contribution in [-0.4, -0.2) is 39.6 Å². The normalized spacial score (nSPS) is 35.9. The van der Waals surface area contributed by atoms with E-state index >= 15 is 0 Å². The number of carbonyl (C=O) groups excluding carboxylic acids is 1. The number of benzene rings is 1. The molecule has 1 aromatic heterocycles. The molecule has 4 aliphatic carbocycles. The molecule has 5 aliphatic rings. The maximum Gasteiger partial charge on any atom is 0.522 e. The van der Waals surface area contributed by atoms with E-state index in [2.05, 4.69) is 14.9 Å². The first-order valence-corrected chi connectivity index (χ1v) is 11.7. The summed E-state index contributed by atoms with van der Waals surface area (Å²) < 4.78 is 52.2. The van der Waals surface area contributed by atoms with Gasteiger partial charge in [0, 0.05) is 29.3 Å². The average molecular weight is 499 g/mol. The number of hydrogen-bond acceptors (Lipinski definition) is 7. The number of aliphatic hydroxyl groups is 1. The lowest BCUT2D eigenvalue weighted by molar-refractivity contribution is -0.352. The third-order valence-electron chi connectivity index (χ3n) is 7.74. The Morgan fingerprint density at radius 2 is 1.97 bits per heavy atom. The van der Waals surface area contributed by atoms with Crippen LogP contribution in [0.15, 0.2) is 22.7 Å². The first-order chi connectivity index (χ1) is 16.0. The number of halogens is 4. The van der Waals surface area contributed by atoms with Crippen LogP contribution in [0.2, 0.25) is 5.02 Å². The van der Waals surface area contributed by atoms with E-state index in [4.69, 9.17) is 20.9 Å². The lowest BCUT2D eigenvalue weighted by Crippen LogP contribution is -2.65. The largest absolute Gasteiger partial charge is 0.522 e. The topological polar surface area (TPSA) is 94.7 Å². The molecule has 0 saturated heterocycles. The van der Waals surface area contributed by atoms with Gasteiger partial charge in [0.15, 0.2) is 17.7 Å². The van der Waals surface area contributed by atoms with E-state index in [0.29, 0.717) is 34.5 Å². The summed E-state index contributed by atoms with van der Waals surface area (Å²) >= 11 is 5.99. The van der Waals surface area contributed by atoms with E-state index in [1.807, 2.05) is 0 Å². The Morgan fingerprint density at radius 1 is 1.24 bits per heavy atom. The van der Waals surface area contributed by atoms with Crippen LogP contribution in [0.4, 0.5) is 13.2 Å². The van der Waals surface area contributed by atoms with Gasteiger partial charge in [-0.05, 0) is 55.7 Å². The minimum Gasteiger partial charge on any atom is -0.482 e. The molecule has 4 saturated carbocycles. The fourth-order valence-electron chi connectivity index (χ4n) is 6.19. The molecule has 0 spiro atoms. The van der Waals surface area contributed by atoms with Crippen molar-refractivity contribution in [3.05, 3.63) is 40.5 Å². The molecule has 182 valence electrons. The monoisotopic (exact) mass is 498 g/mol. The molecule has 1 aliphatic heterocycles. The van der Waals surface area contributed by atoms with E-state index in [1.54, 1.807) is 18.2 Å². The van der Waals surface area contributed by atoms with Crippen molar-refractivity contribution in [2.45, 2.75) is 81.0 Å². The average Bonchev–Trinajstić information content (AvgIpc) is 3.14. The van der Waals surface area contributed by atoms with Gasteiger partial charge in [-0.1, -0.05) is 16.8 Å². The van der Waals surface area contributed by atoms with Crippen molar-refractivity contribution in [2.24, 2.45) is 5.41 Å². The van der Waals surface area contributed by atoms with Crippen LogP contribution < -0.4 is 4.74 Å². The van der Waals surface area contributed by atoms with Gasteiger partial charge in [0.25, 0.3) is 0 Å². The Hall–Kier alpha value is -2.17. The standard InChI is InChI=1S/C23H22ClF3N2O5/c24-12-1-2-17-14(5-12)15(30)6-18(32-17)16(31)7-21-8-22(9-21,10-21)20-28-19(29-34-20)11-3-13(4-11)33-23(25,26)27/h1-2,5,11,13,15,18,30H,3-4,6-10H2/t11?,13?,15-,18-,21?,22?/m0/s1. The lowest BCUT2D eigenvalue weighted by atomic mass is 9.34. The number of aliphatic hydroxyl groups excluding tert-OH is 1. The Morgan fingerprint density at radius 3 is 2.68 bits per heavy atom. The predicted octanol–water partition coefficient (Wildman–Crippen LogP) is 4.77. The molecule has 2 atom stereocenters. The summed E-state index contributed by atoms with van der Waals surface area (Å²) in [4.78, 5) is 17.4. The Balaban J connectivity index is 1.03. The van der Waals surface area contributed by atoms with E-state index in [0.717, 1.165) is 19.3 Å². The molecule has 0 unspecified atom stereocenters. The third-order valence-corrected chi connectivity index (χ3v) is 7.98. The molecule has 7 nitrogen and oxygen atoms in total. The van der Waals surface area contributed by atoms with Crippen molar-refractivity contribution in [2.75, 3.05) is 0 Å². The summed E-state index contributed by atoms with van der Waals surface area (Å²) in [5.41, 5.74) is 0.228. The molecule has 7 rings (SSSR count). The number of carbonyl (C=O) groups is 1. The summed E-state index contributed by atoms with van der Waals surface area (Å²) in [7, 11) is 0. The molecule has 2 heterocycles. The Bertz CT molecular complexity index is 1130. The van der Waals surface area contributed by atoms with Crippen LogP contribution in [0.1, 0.15) is 74.2 Å². The van der Waals surface area contributed by atoms with Crippen molar-refractivity contribution in [1.82, 2.24) is 10.1 Å². The molecule has 0 radical (unpaired) electrons. The number of ether oxygens (including phenoxy) is 2. The fourth-order valence-corrected chi connectivity index (χ4v) is 6.37. The van der Waals surface area contributed by atoms with E-state index < -0.39 is 24.7 Å². The van der Waals surface area contributed by atoms with E-state index in [-0.39, 0.29) is 41.8 Å². The highest BCUT2D eigenvalue weighted by Gasteiger charge is 2.71. The van der Waals surface area contributed by atoms with Crippen LogP contribution >= 0.6 is 11.6 Å². The molecule has 2 bridgehead atoms. The summed E-state index contributed by atoms with van der Waals surface area (Å²) in [5.74, 6) is 1.18. The minimum absolute atomic E-state index is 0.0376. The van der Waals surface area contributed by atoms with Gasteiger partial charge in [0.2, 0.25) is 5.89 Å². The van der Waals surface area contributed by atoms with Crippen molar-refractivity contribution < 1.29 is 37.1 Å². The molecule has 34 heavy (non-hydrogen) atoms. The molecule has 1 aromatic carbocycles. The molecule has 4 fully saturated rings. The van der Waals surface area contributed by atoms with E-state index in [9.17, 15) is 23.1 Å². The highest BCUT2D eigenvalue weighted by molar-refractivity contribution is 6.30. The zero-order valence-corrected chi connectivity index (χ0v) is 18.7. The summed E-state index contributed by atoms with van der Waals surface area (Å²) in [6.45, 7) is 0. The Kier molecular flexibility index (Phi) is 4.86. The van der Waals surface area contributed by atoms with Crippen LogP contribution in [0, 0.1) is 5.41 Å². The highest BCUT2D eigenvalue weighted by Crippen LogP contribution is 2.75. The van der Waals surface area contributed by atoms with Gasteiger partial charge in [-0.2, -0.15) is 4.98 Å². The van der Waals surface area contributed by atoms with Gasteiger partial charge in [-0.3, -0.25) is 9.53 Å². The number of ketones is 1. The van der Waals surface area contributed by atoms with Gasteiger partial charge in [-0.15, -0.1) is 13.2 Å². The predicted molar refractivity (Wildman–Crippen MR) is 110 cm³/mol. The molecule has 11 heteroatoms. The first-order valence-electron chi connectivity index (χ1n) is 11.3. The number of fused-ring (bicyclic) bond motifs is 1. The zero-order valence-electron chi connectivity index (χ0n) is 18.0. The maximum absolute atomic E-state index is 13.0. The maximum atomic E-state index is 13.0. The lowest BCUT2D eigenvalue weighted by Gasteiger charge is -2.68. The number of nitrogens with zero attached hydrogens (tertiary/aromatic N) is 2. The molecule has 0 amide bonds. The van der Waals surface area contributed by atoms with Crippen LogP contribution in [0.25, 0.3) is 0 Å². The number of Topliss-reactive ketones (excluding diaryl/α,β-unsaturated/α-hetero) is 1. The molecule has 2 aromatic rings. The van der Waals surface area contributed by atoms with E-state index in [1.165, 1.54) is 0 Å². The number of aromatic nitrogens is 2. The first kappa shape index (κ1) is 22.3. The van der Waals surface area contributed by atoms with Gasteiger partial charge in [0.05, 0.1) is 17.6 Å². The number of rotatable bonds is 6. The number of hydrogen-bond donors (Lipinski definition) is 1.